The second-order valence-corrected chi connectivity index (χ2v) is 5.31. The van der Waals surface area contributed by atoms with Crippen molar-refractivity contribution in [1.29, 1.82) is 0 Å². The van der Waals surface area contributed by atoms with Crippen molar-refractivity contribution in [2.24, 2.45) is 0 Å². The molecular weight excluding hydrogens is 302 g/mol. The van der Waals surface area contributed by atoms with Gasteiger partial charge >= 0.3 is 0 Å². The van der Waals surface area contributed by atoms with Crippen LogP contribution >= 0.6 is 0 Å². The van der Waals surface area contributed by atoms with Gasteiger partial charge in [0.05, 0.1) is 11.1 Å². The number of aromatic amines is 1. The van der Waals surface area contributed by atoms with E-state index in [0.29, 0.717) is 6.61 Å². The van der Waals surface area contributed by atoms with Gasteiger partial charge in [0.25, 0.3) is 0 Å². The molecule has 3 aromatic heterocycles. The highest BCUT2D eigenvalue weighted by Gasteiger charge is 2.14. The number of pyridine rings is 1. The highest BCUT2D eigenvalue weighted by atomic mass is 16.5. The van der Waals surface area contributed by atoms with Crippen molar-refractivity contribution in [3.05, 3.63) is 66.6 Å². The van der Waals surface area contributed by atoms with Gasteiger partial charge in [0.15, 0.2) is 0 Å². The summed E-state index contributed by atoms with van der Waals surface area (Å²) < 4.78 is 6.02. The molecule has 0 unspecified atom stereocenters. The van der Waals surface area contributed by atoms with Gasteiger partial charge in [-0.15, -0.1) is 0 Å². The molecule has 0 saturated heterocycles. The third-order valence-electron chi connectivity index (χ3n) is 3.72. The van der Waals surface area contributed by atoms with E-state index < -0.39 is 0 Å². The summed E-state index contributed by atoms with van der Waals surface area (Å²) in [4.78, 5) is 15.7. The van der Waals surface area contributed by atoms with Gasteiger partial charge in [-0.1, -0.05) is 30.3 Å². The van der Waals surface area contributed by atoms with Gasteiger partial charge in [-0.2, -0.15) is 0 Å². The lowest BCUT2D eigenvalue weighted by atomic mass is 10.1. The van der Waals surface area contributed by atoms with Crippen LogP contribution in [0, 0.1) is 0 Å². The Kier molecular flexibility index (Phi) is 3.55. The minimum absolute atomic E-state index is 0.234. The minimum atomic E-state index is 0.234. The van der Waals surface area contributed by atoms with Crippen LogP contribution in [-0.4, -0.2) is 19.9 Å². The fourth-order valence-electron chi connectivity index (χ4n) is 2.61. The zero-order valence-corrected chi connectivity index (χ0v) is 12.8. The molecule has 6 nitrogen and oxygen atoms in total. The summed E-state index contributed by atoms with van der Waals surface area (Å²) in [6.45, 7) is 0.483. The summed E-state index contributed by atoms with van der Waals surface area (Å²) in [6.07, 6.45) is 5.21. The molecule has 0 fully saturated rings. The number of ether oxygens (including phenoxy) is 1. The molecular formula is C18H15N5O. The number of hydrogen-bond acceptors (Lipinski definition) is 5. The fraction of sp³-hybridized carbons (Fsp3) is 0.0556. The molecule has 0 saturated carbocycles. The first-order valence-corrected chi connectivity index (χ1v) is 7.53. The van der Waals surface area contributed by atoms with Gasteiger partial charge in [0, 0.05) is 24.2 Å². The number of H-pyrrole nitrogens is 1. The van der Waals surface area contributed by atoms with Crippen molar-refractivity contribution in [2.45, 2.75) is 6.61 Å². The number of aromatic nitrogens is 4. The average Bonchev–Trinajstić information content (AvgIpc) is 3.05. The molecule has 24 heavy (non-hydrogen) atoms. The topological polar surface area (TPSA) is 89.7 Å². The van der Waals surface area contributed by atoms with Crippen molar-refractivity contribution in [2.75, 3.05) is 5.73 Å². The van der Waals surface area contributed by atoms with Crippen LogP contribution < -0.4 is 10.5 Å². The molecule has 0 aliphatic rings. The Balaban J connectivity index is 1.74. The van der Waals surface area contributed by atoms with E-state index in [0.717, 1.165) is 33.6 Å². The smallest absolute Gasteiger partial charge is 0.220 e. The third kappa shape index (κ3) is 2.65. The normalized spacial score (nSPS) is 10.8. The van der Waals surface area contributed by atoms with Crippen molar-refractivity contribution in [3.63, 3.8) is 0 Å². The lowest BCUT2D eigenvalue weighted by molar-refractivity contribution is 0.310. The van der Waals surface area contributed by atoms with Crippen LogP contribution in [0.4, 0.5) is 5.95 Å². The number of nitrogens with two attached hydrogens (primary N) is 1. The predicted octanol–water partition coefficient (Wildman–Crippen LogP) is 3.18. The van der Waals surface area contributed by atoms with E-state index in [9.17, 15) is 0 Å². The second kappa shape index (κ2) is 6.00. The molecule has 0 radical (unpaired) electrons. The lowest BCUT2D eigenvalue weighted by Gasteiger charge is -2.09. The number of nitrogen functional groups attached to an aromatic ring is 1. The number of hydrogen-bond donors (Lipinski definition) is 2. The van der Waals surface area contributed by atoms with Crippen LogP contribution in [0.1, 0.15) is 5.56 Å². The molecule has 0 amide bonds. The third-order valence-corrected chi connectivity index (χ3v) is 3.72. The summed E-state index contributed by atoms with van der Waals surface area (Å²) in [7, 11) is 0. The quantitative estimate of drug-likeness (QED) is 0.603. The second-order valence-electron chi connectivity index (χ2n) is 5.31. The van der Waals surface area contributed by atoms with E-state index in [2.05, 4.69) is 19.9 Å². The molecule has 3 heterocycles. The molecule has 118 valence electrons. The summed E-state index contributed by atoms with van der Waals surface area (Å²) in [6, 6.07) is 13.7. The van der Waals surface area contributed by atoms with E-state index in [1.54, 1.807) is 12.4 Å². The standard InChI is InChI=1S/C18H15N5O/c19-18-21-8-6-14(23-18)13-10-22-17-16(13)15(7-9-20-17)24-11-12-4-2-1-3-5-12/h1-10H,11H2,(H,20,22)(H2,19,21,23). The number of nitrogens with one attached hydrogen (secondary N) is 1. The van der Waals surface area contributed by atoms with Gasteiger partial charge in [-0.25, -0.2) is 15.0 Å². The van der Waals surface area contributed by atoms with E-state index in [1.807, 2.05) is 48.7 Å². The molecule has 0 spiro atoms. The Bertz CT molecular complexity index is 981. The molecule has 0 aliphatic heterocycles. The maximum absolute atomic E-state index is 6.02. The van der Waals surface area contributed by atoms with Crippen LogP contribution in [0.15, 0.2) is 61.1 Å². The van der Waals surface area contributed by atoms with Crippen molar-refractivity contribution in [3.8, 4) is 17.0 Å². The number of nitrogens with zero attached hydrogens (tertiary/aromatic N) is 3. The van der Waals surface area contributed by atoms with Crippen LogP contribution in [0.5, 0.6) is 5.75 Å². The van der Waals surface area contributed by atoms with Gasteiger partial charge in [-0.05, 0) is 17.7 Å². The summed E-state index contributed by atoms with van der Waals surface area (Å²) in [5.74, 6) is 0.981. The first-order valence-electron chi connectivity index (χ1n) is 7.53. The van der Waals surface area contributed by atoms with Crippen LogP contribution in [0.2, 0.25) is 0 Å². The number of benzene rings is 1. The Labute approximate surface area is 138 Å². The maximum Gasteiger partial charge on any atom is 0.220 e. The largest absolute Gasteiger partial charge is 0.488 e. The molecule has 4 rings (SSSR count). The lowest BCUT2D eigenvalue weighted by Crippen LogP contribution is -1.97. The zero-order chi connectivity index (χ0) is 16.4. The number of anilines is 1. The zero-order valence-electron chi connectivity index (χ0n) is 12.8. The maximum atomic E-state index is 6.02. The van der Waals surface area contributed by atoms with Crippen LogP contribution in [-0.2, 0) is 6.61 Å². The van der Waals surface area contributed by atoms with Crippen molar-refractivity contribution >= 4 is 17.0 Å². The highest BCUT2D eigenvalue weighted by molar-refractivity contribution is 5.97. The summed E-state index contributed by atoms with van der Waals surface area (Å²) in [5, 5.41) is 0.881. The first-order chi connectivity index (χ1) is 11.8. The molecule has 0 bridgehead atoms. The highest BCUT2D eigenvalue weighted by Crippen LogP contribution is 2.33. The first kappa shape index (κ1) is 14.2. The van der Waals surface area contributed by atoms with E-state index in [1.165, 1.54) is 0 Å². The van der Waals surface area contributed by atoms with Crippen LogP contribution in [0.3, 0.4) is 0 Å². The van der Waals surface area contributed by atoms with Crippen molar-refractivity contribution < 1.29 is 4.74 Å². The van der Waals surface area contributed by atoms with Gasteiger partial charge < -0.3 is 15.5 Å². The molecule has 3 N–H and O–H groups in total. The molecule has 6 heteroatoms. The SMILES string of the molecule is Nc1nccc(-c2c[nH]c3nccc(OCc4ccccc4)c23)n1. The van der Waals surface area contributed by atoms with E-state index >= 15 is 0 Å². The molecule has 0 atom stereocenters. The monoisotopic (exact) mass is 317 g/mol. The molecule has 1 aromatic carbocycles. The Morgan fingerprint density at radius 1 is 1.00 bits per heavy atom. The number of fused-ring (bicyclic) bond motifs is 1. The number of rotatable bonds is 4. The molecule has 4 aromatic rings. The summed E-state index contributed by atoms with van der Waals surface area (Å²) in [5.41, 5.74) is 9.16. The van der Waals surface area contributed by atoms with E-state index in [-0.39, 0.29) is 5.95 Å². The molecule has 0 aliphatic carbocycles. The predicted molar refractivity (Wildman–Crippen MR) is 92.3 cm³/mol. The van der Waals surface area contributed by atoms with E-state index in [4.69, 9.17) is 10.5 Å². The van der Waals surface area contributed by atoms with Crippen LogP contribution in [0.25, 0.3) is 22.3 Å². The van der Waals surface area contributed by atoms with Gasteiger partial charge in [0.1, 0.15) is 18.0 Å². The van der Waals surface area contributed by atoms with Gasteiger partial charge in [0.2, 0.25) is 5.95 Å². The Hall–Kier alpha value is -3.41. The Morgan fingerprint density at radius 3 is 2.67 bits per heavy atom. The fourth-order valence-corrected chi connectivity index (χ4v) is 2.61. The average molecular weight is 317 g/mol. The minimum Gasteiger partial charge on any atom is -0.488 e. The summed E-state index contributed by atoms with van der Waals surface area (Å²) >= 11 is 0. The Morgan fingerprint density at radius 2 is 1.83 bits per heavy atom. The van der Waals surface area contributed by atoms with Crippen molar-refractivity contribution in [1.82, 2.24) is 19.9 Å². The van der Waals surface area contributed by atoms with Gasteiger partial charge in [-0.3, -0.25) is 0 Å².